The molecule has 0 saturated heterocycles. The molecule has 2 amide bonds. The molecule has 0 spiro atoms. The van der Waals surface area contributed by atoms with Crippen molar-refractivity contribution in [1.82, 2.24) is 10.3 Å². The molecule has 0 bridgehead atoms. The van der Waals surface area contributed by atoms with Crippen molar-refractivity contribution in [2.24, 2.45) is 5.73 Å². The van der Waals surface area contributed by atoms with E-state index in [-0.39, 0.29) is 43.2 Å². The number of nitrogens with one attached hydrogen (secondary N) is 1. The van der Waals surface area contributed by atoms with Gasteiger partial charge in [0.15, 0.2) is 0 Å². The second-order valence-corrected chi connectivity index (χ2v) is 8.61. The summed E-state index contributed by atoms with van der Waals surface area (Å²) in [5.74, 6) is -0.864. The normalized spacial score (nSPS) is 16.3. The fourth-order valence-electron chi connectivity index (χ4n) is 3.19. The van der Waals surface area contributed by atoms with Gasteiger partial charge in [-0.1, -0.05) is 6.07 Å². The molecule has 0 radical (unpaired) electrons. The number of halogens is 7. The Morgan fingerprint density at radius 2 is 1.89 bits per heavy atom. The van der Waals surface area contributed by atoms with Crippen LogP contribution in [0.25, 0.3) is 0 Å². The van der Waals surface area contributed by atoms with Crippen LogP contribution in [0.1, 0.15) is 34.5 Å². The van der Waals surface area contributed by atoms with Crippen molar-refractivity contribution >= 4 is 41.7 Å². The van der Waals surface area contributed by atoms with Gasteiger partial charge in [0.2, 0.25) is 5.91 Å². The van der Waals surface area contributed by atoms with Gasteiger partial charge in [0, 0.05) is 35.4 Å². The van der Waals surface area contributed by atoms with Gasteiger partial charge in [-0.15, -0.1) is 24.2 Å². The van der Waals surface area contributed by atoms with Crippen LogP contribution in [-0.4, -0.2) is 41.3 Å². The van der Waals surface area contributed by atoms with Crippen LogP contribution in [0.5, 0.6) is 0 Å². The smallest absolute Gasteiger partial charge is 0.352 e. The number of rotatable bonds is 6. The van der Waals surface area contributed by atoms with Crippen LogP contribution < -0.4 is 16.0 Å². The minimum atomic E-state index is -4.61. The van der Waals surface area contributed by atoms with Crippen LogP contribution in [-0.2, 0) is 17.5 Å². The molecule has 0 aliphatic carbocycles. The Morgan fingerprint density at radius 1 is 1.17 bits per heavy atom. The number of alkyl halides is 6. The van der Waals surface area contributed by atoms with Crippen LogP contribution in [0.15, 0.2) is 41.4 Å². The third kappa shape index (κ3) is 7.74. The lowest BCUT2D eigenvalue weighted by molar-refractivity contribution is -0.141. The van der Waals surface area contributed by atoms with Gasteiger partial charge in [-0.3, -0.25) is 14.6 Å². The van der Waals surface area contributed by atoms with Crippen molar-refractivity contribution in [3.05, 3.63) is 53.3 Å². The van der Waals surface area contributed by atoms with Gasteiger partial charge in [0.1, 0.15) is 5.69 Å². The summed E-state index contributed by atoms with van der Waals surface area (Å²) in [7, 11) is 0. The zero-order chi connectivity index (χ0) is 25.1. The van der Waals surface area contributed by atoms with Crippen LogP contribution in [0.2, 0.25) is 0 Å². The number of fused-ring (bicyclic) bond motifs is 1. The first-order valence-corrected chi connectivity index (χ1v) is 11.0. The fraction of sp³-hybridized carbons (Fsp3) is 0.381. The van der Waals surface area contributed by atoms with Gasteiger partial charge in [-0.25, -0.2) is 0 Å². The summed E-state index contributed by atoms with van der Waals surface area (Å²) in [6.45, 7) is -0.323. The summed E-state index contributed by atoms with van der Waals surface area (Å²) < 4.78 is 75.2. The molecule has 35 heavy (non-hydrogen) atoms. The monoisotopic (exact) mass is 542 g/mol. The van der Waals surface area contributed by atoms with E-state index in [0.717, 1.165) is 12.3 Å². The third-order valence-electron chi connectivity index (χ3n) is 4.89. The quantitative estimate of drug-likeness (QED) is 0.413. The van der Waals surface area contributed by atoms with E-state index in [2.05, 4.69) is 10.3 Å². The number of amides is 2. The molecule has 14 heteroatoms. The molecule has 2 aromatic rings. The summed E-state index contributed by atoms with van der Waals surface area (Å²) in [6.07, 6.45) is -9.23. The number of nitrogens with zero attached hydrogens (tertiary/aromatic N) is 2. The number of hydrogen-bond donors (Lipinski definition) is 2. The second kappa shape index (κ2) is 11.5. The highest BCUT2D eigenvalue weighted by molar-refractivity contribution is 7.99. The van der Waals surface area contributed by atoms with Crippen molar-refractivity contribution in [2.45, 2.75) is 42.7 Å². The van der Waals surface area contributed by atoms with E-state index in [9.17, 15) is 35.9 Å². The zero-order valence-corrected chi connectivity index (χ0v) is 19.6. The van der Waals surface area contributed by atoms with Crippen molar-refractivity contribution in [2.75, 3.05) is 17.2 Å². The van der Waals surface area contributed by atoms with Crippen LogP contribution in [0, 0.1) is 0 Å². The molecule has 1 aliphatic heterocycles. The lowest BCUT2D eigenvalue weighted by Crippen LogP contribution is -2.44. The number of benzene rings is 1. The Balaban J connectivity index is 0.00000432. The SMILES string of the molecule is Cl.N[C@H]1CSc2ccc(C(=O)NCCCC(F)(F)F)cc2N(Cc2ccc(C(F)(F)F)nc2)C1=O. The minimum absolute atomic E-state index is 0. The standard InChI is InChI=1S/C21H20F6N4O2S.ClH/c22-20(23,24)6-1-7-29-18(32)13-3-4-16-15(8-13)31(19(33)14(28)11-34-16)10-12-2-5-17(30-9-12)21(25,26)27;/h2-5,8-9,14H,1,6-7,10-11,28H2,(H,29,32);1H/t14-;/m0./s1. The van der Waals surface area contributed by atoms with Crippen LogP contribution >= 0.6 is 24.2 Å². The maximum atomic E-state index is 12.9. The maximum absolute atomic E-state index is 12.9. The first kappa shape index (κ1) is 28.7. The fourth-order valence-corrected chi connectivity index (χ4v) is 4.17. The van der Waals surface area contributed by atoms with E-state index in [1.165, 1.54) is 34.9 Å². The number of pyridine rings is 1. The van der Waals surface area contributed by atoms with Crippen molar-refractivity contribution < 1.29 is 35.9 Å². The molecular formula is C21H21ClF6N4O2S. The minimum Gasteiger partial charge on any atom is -0.352 e. The molecule has 3 N–H and O–H groups in total. The second-order valence-electron chi connectivity index (χ2n) is 7.55. The lowest BCUT2D eigenvalue weighted by Gasteiger charge is -2.25. The number of aromatic nitrogens is 1. The van der Waals surface area contributed by atoms with Crippen molar-refractivity contribution in [3.63, 3.8) is 0 Å². The molecule has 0 fully saturated rings. The molecule has 0 unspecified atom stereocenters. The van der Waals surface area contributed by atoms with Gasteiger partial charge in [0.05, 0.1) is 18.3 Å². The molecule has 1 aromatic carbocycles. The Labute approximate surface area is 207 Å². The van der Waals surface area contributed by atoms with E-state index in [0.29, 0.717) is 16.1 Å². The topological polar surface area (TPSA) is 88.3 Å². The number of nitrogens with two attached hydrogens (primary N) is 1. The third-order valence-corrected chi connectivity index (χ3v) is 6.07. The number of anilines is 1. The summed E-state index contributed by atoms with van der Waals surface area (Å²) >= 11 is 1.28. The maximum Gasteiger partial charge on any atom is 0.433 e. The van der Waals surface area contributed by atoms with Crippen molar-refractivity contribution in [3.8, 4) is 0 Å². The van der Waals surface area contributed by atoms with Gasteiger partial charge < -0.3 is 16.0 Å². The summed E-state index contributed by atoms with van der Waals surface area (Å²) in [5, 5.41) is 2.41. The number of carbonyl (C=O) groups excluding carboxylic acids is 2. The largest absolute Gasteiger partial charge is 0.433 e. The van der Waals surface area contributed by atoms with E-state index in [1.807, 2.05) is 0 Å². The van der Waals surface area contributed by atoms with E-state index in [1.54, 1.807) is 6.07 Å². The van der Waals surface area contributed by atoms with Gasteiger partial charge in [0.25, 0.3) is 5.91 Å². The Hall–Kier alpha value is -2.51. The van der Waals surface area contributed by atoms with Gasteiger partial charge in [-0.2, -0.15) is 26.3 Å². The molecule has 2 heterocycles. The molecule has 6 nitrogen and oxygen atoms in total. The van der Waals surface area contributed by atoms with Crippen molar-refractivity contribution in [1.29, 1.82) is 0 Å². The van der Waals surface area contributed by atoms with Crippen LogP contribution in [0.3, 0.4) is 0 Å². The average molecular weight is 543 g/mol. The van der Waals surface area contributed by atoms with E-state index >= 15 is 0 Å². The average Bonchev–Trinajstić information content (AvgIpc) is 2.87. The van der Waals surface area contributed by atoms with E-state index < -0.39 is 42.3 Å². The predicted molar refractivity (Wildman–Crippen MR) is 120 cm³/mol. The first-order chi connectivity index (χ1) is 15.8. The highest BCUT2D eigenvalue weighted by Gasteiger charge is 2.33. The summed E-state index contributed by atoms with van der Waals surface area (Å²) in [5.41, 5.74) is 5.63. The lowest BCUT2D eigenvalue weighted by atomic mass is 10.1. The van der Waals surface area contributed by atoms with Gasteiger partial charge in [-0.05, 0) is 36.2 Å². The molecule has 0 saturated carbocycles. The molecule has 3 rings (SSSR count). The van der Waals surface area contributed by atoms with Gasteiger partial charge >= 0.3 is 12.4 Å². The summed E-state index contributed by atoms with van der Waals surface area (Å²) in [4.78, 5) is 30.6. The highest BCUT2D eigenvalue weighted by Crippen LogP contribution is 2.36. The molecular weight excluding hydrogens is 522 g/mol. The molecule has 1 aliphatic rings. The zero-order valence-electron chi connectivity index (χ0n) is 17.9. The molecule has 1 atom stereocenters. The number of hydrogen-bond acceptors (Lipinski definition) is 5. The first-order valence-electron chi connectivity index (χ1n) is 10.1. The van der Waals surface area contributed by atoms with E-state index in [4.69, 9.17) is 5.73 Å². The highest BCUT2D eigenvalue weighted by atomic mass is 35.5. The predicted octanol–water partition coefficient (Wildman–Crippen LogP) is 4.56. The number of thioether (sulfide) groups is 1. The molecule has 192 valence electrons. The Kier molecular flexibility index (Phi) is 9.42. The molecule has 1 aromatic heterocycles. The Bertz CT molecular complexity index is 1050. The van der Waals surface area contributed by atoms with Crippen LogP contribution in [0.4, 0.5) is 32.0 Å². The summed E-state index contributed by atoms with van der Waals surface area (Å²) in [6, 6.07) is 5.59. The Morgan fingerprint density at radius 3 is 2.49 bits per heavy atom. The number of carbonyl (C=O) groups is 2.